The van der Waals surface area contributed by atoms with Gasteiger partial charge >= 0.3 is 0 Å². The highest BCUT2D eigenvalue weighted by molar-refractivity contribution is 5.82. The number of hydrogen-bond donors (Lipinski definition) is 2. The van der Waals surface area contributed by atoms with E-state index < -0.39 is 0 Å². The highest BCUT2D eigenvalue weighted by atomic mass is 16.2. The molecule has 1 aliphatic heterocycles. The smallest absolute Gasteiger partial charge is 0.237 e. The third-order valence-corrected chi connectivity index (χ3v) is 4.03. The van der Waals surface area contributed by atoms with E-state index in [2.05, 4.69) is 27.8 Å². The number of carbonyl (C=O) groups is 1. The lowest BCUT2D eigenvalue weighted by Gasteiger charge is -2.21. The van der Waals surface area contributed by atoms with Crippen LogP contribution in [0.2, 0.25) is 0 Å². The van der Waals surface area contributed by atoms with Crippen LogP contribution in [0, 0.1) is 0 Å². The van der Waals surface area contributed by atoms with Gasteiger partial charge in [-0.05, 0) is 37.1 Å². The Balaban J connectivity index is 1.75. The minimum absolute atomic E-state index is 0.0500. The maximum absolute atomic E-state index is 12.4. The van der Waals surface area contributed by atoms with Gasteiger partial charge < -0.3 is 10.6 Å². The van der Waals surface area contributed by atoms with Crippen molar-refractivity contribution in [2.75, 3.05) is 6.54 Å². The van der Waals surface area contributed by atoms with Gasteiger partial charge in [0.25, 0.3) is 0 Å². The number of carbonyl (C=O) groups excluding carboxylic acids is 1. The molecule has 1 aromatic heterocycles. The Morgan fingerprint density at radius 2 is 2.05 bits per heavy atom. The molecule has 2 aromatic rings. The second-order valence-corrected chi connectivity index (χ2v) is 5.65. The fraction of sp³-hybridized carbons (Fsp3) is 0.333. The second-order valence-electron chi connectivity index (χ2n) is 5.65. The highest BCUT2D eigenvalue weighted by Crippen LogP contribution is 2.18. The molecule has 4 heteroatoms. The van der Waals surface area contributed by atoms with E-state index in [9.17, 15) is 4.79 Å². The Morgan fingerprint density at radius 3 is 2.73 bits per heavy atom. The zero-order chi connectivity index (χ0) is 15.2. The van der Waals surface area contributed by atoms with E-state index in [1.54, 1.807) is 6.20 Å². The molecule has 4 nitrogen and oxygen atoms in total. The topological polar surface area (TPSA) is 54.0 Å². The number of amides is 1. The number of benzene rings is 1. The van der Waals surface area contributed by atoms with Crippen LogP contribution in [0.4, 0.5) is 0 Å². The Morgan fingerprint density at radius 1 is 1.23 bits per heavy atom. The molecule has 2 N–H and O–H groups in total. The monoisotopic (exact) mass is 295 g/mol. The first-order valence-electron chi connectivity index (χ1n) is 7.81. The summed E-state index contributed by atoms with van der Waals surface area (Å²) >= 11 is 0. The number of nitrogens with zero attached hydrogens (tertiary/aromatic N) is 1. The van der Waals surface area contributed by atoms with Crippen LogP contribution >= 0.6 is 0 Å². The molecule has 0 aliphatic carbocycles. The fourth-order valence-electron chi connectivity index (χ4n) is 2.85. The minimum atomic E-state index is -0.0602. The molecule has 0 saturated carbocycles. The summed E-state index contributed by atoms with van der Waals surface area (Å²) in [5.74, 6) is 0.0854. The van der Waals surface area contributed by atoms with E-state index in [0.29, 0.717) is 6.42 Å². The van der Waals surface area contributed by atoms with Crippen LogP contribution in [-0.2, 0) is 11.2 Å². The zero-order valence-corrected chi connectivity index (χ0v) is 12.5. The lowest BCUT2D eigenvalue weighted by Crippen LogP contribution is -2.42. The predicted octanol–water partition coefficient (Wildman–Crippen LogP) is 2.23. The first-order chi connectivity index (χ1) is 10.8. The van der Waals surface area contributed by atoms with Crippen molar-refractivity contribution < 1.29 is 4.79 Å². The van der Waals surface area contributed by atoms with E-state index in [1.165, 1.54) is 0 Å². The number of nitrogens with one attached hydrogen (secondary N) is 2. The van der Waals surface area contributed by atoms with E-state index in [4.69, 9.17) is 0 Å². The van der Waals surface area contributed by atoms with Crippen LogP contribution < -0.4 is 10.6 Å². The number of pyridine rings is 1. The van der Waals surface area contributed by atoms with Gasteiger partial charge in [-0.1, -0.05) is 36.4 Å². The molecule has 1 amide bonds. The van der Waals surface area contributed by atoms with Crippen molar-refractivity contribution in [2.45, 2.75) is 31.3 Å². The minimum Gasteiger partial charge on any atom is -0.348 e. The second kappa shape index (κ2) is 7.18. The van der Waals surface area contributed by atoms with Gasteiger partial charge in [0.15, 0.2) is 0 Å². The van der Waals surface area contributed by atoms with Gasteiger partial charge in [-0.15, -0.1) is 0 Å². The van der Waals surface area contributed by atoms with Crippen LogP contribution in [-0.4, -0.2) is 23.5 Å². The van der Waals surface area contributed by atoms with Crippen molar-refractivity contribution in [3.63, 3.8) is 0 Å². The molecule has 3 rings (SSSR count). The number of hydrogen-bond acceptors (Lipinski definition) is 3. The molecular weight excluding hydrogens is 274 g/mol. The van der Waals surface area contributed by atoms with Crippen LogP contribution in [0.25, 0.3) is 0 Å². The summed E-state index contributed by atoms with van der Waals surface area (Å²) in [6.07, 6.45) is 4.46. The number of aromatic nitrogens is 1. The zero-order valence-electron chi connectivity index (χ0n) is 12.5. The molecule has 114 valence electrons. The van der Waals surface area contributed by atoms with Crippen molar-refractivity contribution in [1.29, 1.82) is 0 Å². The lowest BCUT2D eigenvalue weighted by molar-refractivity contribution is -0.123. The average molecular weight is 295 g/mol. The SMILES string of the molecule is O=C(NC(Cc1ccccn1)c1ccccc1)C1CCCN1. The summed E-state index contributed by atoms with van der Waals surface area (Å²) in [4.78, 5) is 16.8. The maximum Gasteiger partial charge on any atom is 0.237 e. The summed E-state index contributed by atoms with van der Waals surface area (Å²) in [5, 5.41) is 6.43. The summed E-state index contributed by atoms with van der Waals surface area (Å²) in [6.45, 7) is 0.925. The Kier molecular flexibility index (Phi) is 4.81. The van der Waals surface area contributed by atoms with Crippen molar-refractivity contribution >= 4 is 5.91 Å². The van der Waals surface area contributed by atoms with Gasteiger partial charge in [-0.2, -0.15) is 0 Å². The molecule has 1 aliphatic rings. The first kappa shape index (κ1) is 14.7. The lowest BCUT2D eigenvalue weighted by atomic mass is 10.0. The maximum atomic E-state index is 12.4. The predicted molar refractivity (Wildman–Crippen MR) is 86.3 cm³/mol. The van der Waals surface area contributed by atoms with Crippen LogP contribution in [0.15, 0.2) is 54.7 Å². The van der Waals surface area contributed by atoms with Crippen LogP contribution in [0.3, 0.4) is 0 Å². The van der Waals surface area contributed by atoms with Crippen molar-refractivity contribution in [2.24, 2.45) is 0 Å². The van der Waals surface area contributed by atoms with Crippen molar-refractivity contribution in [3.05, 3.63) is 66.0 Å². The van der Waals surface area contributed by atoms with Gasteiger partial charge in [0.05, 0.1) is 12.1 Å². The van der Waals surface area contributed by atoms with Gasteiger partial charge in [0.1, 0.15) is 0 Å². The summed E-state index contributed by atoms with van der Waals surface area (Å²) < 4.78 is 0. The highest BCUT2D eigenvalue weighted by Gasteiger charge is 2.25. The standard InChI is InChI=1S/C18H21N3O/c22-18(16-10-6-12-20-16)21-17(14-7-2-1-3-8-14)13-15-9-4-5-11-19-15/h1-5,7-9,11,16-17,20H,6,10,12-13H2,(H,21,22). The molecule has 2 unspecified atom stereocenters. The van der Waals surface area contributed by atoms with Crippen molar-refractivity contribution in [3.8, 4) is 0 Å². The quantitative estimate of drug-likeness (QED) is 0.889. The van der Waals surface area contributed by atoms with E-state index in [-0.39, 0.29) is 18.0 Å². The Bertz CT molecular complexity index is 594. The van der Waals surface area contributed by atoms with Crippen LogP contribution in [0.1, 0.15) is 30.1 Å². The Labute approximate surface area is 131 Å². The van der Waals surface area contributed by atoms with Gasteiger partial charge in [0.2, 0.25) is 5.91 Å². The summed E-state index contributed by atoms with van der Waals surface area (Å²) in [7, 11) is 0. The summed E-state index contributed by atoms with van der Waals surface area (Å²) in [6, 6.07) is 15.9. The normalized spacial score (nSPS) is 18.8. The van der Waals surface area contributed by atoms with Crippen LogP contribution in [0.5, 0.6) is 0 Å². The van der Waals surface area contributed by atoms with E-state index in [0.717, 1.165) is 30.6 Å². The fourth-order valence-corrected chi connectivity index (χ4v) is 2.85. The van der Waals surface area contributed by atoms with Gasteiger partial charge in [-0.3, -0.25) is 9.78 Å². The average Bonchev–Trinajstić information content (AvgIpc) is 3.11. The number of rotatable bonds is 5. The molecule has 1 fully saturated rings. The van der Waals surface area contributed by atoms with Gasteiger partial charge in [-0.25, -0.2) is 0 Å². The molecule has 0 radical (unpaired) electrons. The molecule has 22 heavy (non-hydrogen) atoms. The molecule has 1 aromatic carbocycles. The molecule has 0 bridgehead atoms. The molecular formula is C18H21N3O. The molecule has 2 heterocycles. The largest absolute Gasteiger partial charge is 0.348 e. The van der Waals surface area contributed by atoms with E-state index in [1.807, 2.05) is 36.4 Å². The molecule has 0 spiro atoms. The first-order valence-corrected chi connectivity index (χ1v) is 7.81. The van der Waals surface area contributed by atoms with Gasteiger partial charge in [0, 0.05) is 18.3 Å². The third-order valence-electron chi connectivity index (χ3n) is 4.03. The summed E-state index contributed by atoms with van der Waals surface area (Å²) in [5.41, 5.74) is 2.09. The molecule has 2 atom stereocenters. The third kappa shape index (κ3) is 3.71. The Hall–Kier alpha value is -2.20. The molecule has 1 saturated heterocycles. The van der Waals surface area contributed by atoms with E-state index >= 15 is 0 Å². The van der Waals surface area contributed by atoms with Crippen molar-refractivity contribution in [1.82, 2.24) is 15.6 Å².